The lowest BCUT2D eigenvalue weighted by molar-refractivity contribution is -0.138. The summed E-state index contributed by atoms with van der Waals surface area (Å²) in [5, 5.41) is 17.1. The predicted molar refractivity (Wildman–Crippen MR) is 77.3 cm³/mol. The summed E-state index contributed by atoms with van der Waals surface area (Å²) >= 11 is 0. The van der Waals surface area contributed by atoms with E-state index < -0.39 is 18.3 Å². The number of aliphatic hydroxyl groups is 1. The number of carbonyl (C=O) groups is 1. The van der Waals surface area contributed by atoms with Crippen molar-refractivity contribution < 1.29 is 19.7 Å². The van der Waals surface area contributed by atoms with E-state index in [4.69, 9.17) is 26.4 Å². The van der Waals surface area contributed by atoms with Crippen LogP contribution in [0.15, 0.2) is 30.3 Å². The first-order valence-corrected chi connectivity index (χ1v) is 6.55. The van der Waals surface area contributed by atoms with Gasteiger partial charge in [-0.25, -0.2) is 0 Å². The predicted octanol–water partition coefficient (Wildman–Crippen LogP) is 0.931. The van der Waals surface area contributed by atoms with Crippen molar-refractivity contribution in [1.29, 1.82) is 0 Å². The van der Waals surface area contributed by atoms with Crippen LogP contribution in [-0.2, 0) is 4.79 Å². The molecule has 0 radical (unpaired) electrons. The Hall–Kier alpha value is -1.63. The monoisotopic (exact) mass is 284 g/mol. The molecule has 1 rings (SSSR count). The Bertz CT molecular complexity index is 357. The number of aliphatic carboxylic acids is 1. The quantitative estimate of drug-likeness (QED) is 0.437. The third-order valence-corrected chi connectivity index (χ3v) is 2.34. The van der Waals surface area contributed by atoms with Crippen molar-refractivity contribution in [3.05, 3.63) is 30.3 Å². The van der Waals surface area contributed by atoms with Gasteiger partial charge in [0.25, 0.3) is 0 Å². The maximum absolute atomic E-state index is 10.1. The molecule has 0 fully saturated rings. The van der Waals surface area contributed by atoms with Gasteiger partial charge >= 0.3 is 5.97 Å². The van der Waals surface area contributed by atoms with Crippen LogP contribution in [0, 0.1) is 0 Å². The zero-order valence-electron chi connectivity index (χ0n) is 11.7. The fourth-order valence-electron chi connectivity index (χ4n) is 1.33. The van der Waals surface area contributed by atoms with Crippen LogP contribution in [0.1, 0.15) is 26.2 Å². The minimum atomic E-state index is -0.933. The highest BCUT2D eigenvalue weighted by Gasteiger charge is 2.09. The van der Waals surface area contributed by atoms with Gasteiger partial charge in [0, 0.05) is 0 Å². The maximum Gasteiger partial charge on any atom is 0.320 e. The van der Waals surface area contributed by atoms with Crippen molar-refractivity contribution in [3.63, 3.8) is 0 Å². The molecule has 0 heterocycles. The van der Waals surface area contributed by atoms with Gasteiger partial charge < -0.3 is 26.4 Å². The molecule has 6 N–H and O–H groups in total. The van der Waals surface area contributed by atoms with Crippen molar-refractivity contribution in [2.45, 2.75) is 38.5 Å². The van der Waals surface area contributed by atoms with Gasteiger partial charge in [-0.05, 0) is 38.4 Å². The van der Waals surface area contributed by atoms with Crippen LogP contribution < -0.4 is 16.2 Å². The van der Waals surface area contributed by atoms with Crippen molar-refractivity contribution in [1.82, 2.24) is 0 Å². The molecule has 0 saturated carbocycles. The second-order valence-electron chi connectivity index (χ2n) is 4.26. The topological polar surface area (TPSA) is 119 Å². The molecule has 114 valence electrons. The number of carboxylic acids is 1. The zero-order valence-corrected chi connectivity index (χ0v) is 11.7. The average molecular weight is 284 g/mol. The first-order valence-electron chi connectivity index (χ1n) is 6.55. The van der Waals surface area contributed by atoms with Gasteiger partial charge in [-0.15, -0.1) is 0 Å². The lowest BCUT2D eigenvalue weighted by atomic mass is 10.1. The summed E-state index contributed by atoms with van der Waals surface area (Å²) in [4.78, 5) is 10.1. The Kier molecular flexibility index (Phi) is 10.3. The minimum Gasteiger partial charge on any atom is -0.480 e. The van der Waals surface area contributed by atoms with Gasteiger partial charge in [0.1, 0.15) is 11.8 Å². The third kappa shape index (κ3) is 10.3. The van der Waals surface area contributed by atoms with Crippen LogP contribution in [0.2, 0.25) is 0 Å². The number of nitrogens with two attached hydrogens (primary N) is 2. The Morgan fingerprint density at radius 1 is 1.30 bits per heavy atom. The van der Waals surface area contributed by atoms with E-state index >= 15 is 0 Å². The second-order valence-corrected chi connectivity index (χ2v) is 4.26. The smallest absolute Gasteiger partial charge is 0.320 e. The SMILES string of the molecule is CC(O)Oc1ccccc1.NCCCCC(N)C(=O)O. The van der Waals surface area contributed by atoms with Gasteiger partial charge in [-0.1, -0.05) is 24.6 Å². The van der Waals surface area contributed by atoms with Crippen LogP contribution in [0.5, 0.6) is 5.75 Å². The standard InChI is InChI=1S/C8H10O2.C6H14N2O2/c1-7(9)10-8-5-3-2-4-6-8;7-4-2-1-3-5(8)6(9)10/h2-7,9H,1H3;5H,1-4,7-8H2,(H,9,10). The molecule has 0 aromatic heterocycles. The highest BCUT2D eigenvalue weighted by Crippen LogP contribution is 2.09. The number of rotatable bonds is 7. The average Bonchev–Trinajstić information content (AvgIpc) is 2.40. The van der Waals surface area contributed by atoms with Gasteiger partial charge in [-0.2, -0.15) is 0 Å². The number of ether oxygens (including phenoxy) is 1. The van der Waals surface area contributed by atoms with Crippen LogP contribution >= 0.6 is 0 Å². The molecule has 20 heavy (non-hydrogen) atoms. The molecule has 0 amide bonds. The molecule has 2 atom stereocenters. The maximum atomic E-state index is 10.1. The zero-order chi connectivity index (χ0) is 15.4. The van der Waals surface area contributed by atoms with Gasteiger partial charge in [0.05, 0.1) is 0 Å². The first-order chi connectivity index (χ1) is 9.47. The van der Waals surface area contributed by atoms with Crippen molar-refractivity contribution in [2.24, 2.45) is 11.5 Å². The van der Waals surface area contributed by atoms with Gasteiger partial charge in [0.2, 0.25) is 0 Å². The fourth-order valence-corrected chi connectivity index (χ4v) is 1.33. The van der Waals surface area contributed by atoms with Crippen molar-refractivity contribution >= 4 is 5.97 Å². The number of benzene rings is 1. The molecular formula is C14H24N2O4. The Morgan fingerprint density at radius 2 is 1.90 bits per heavy atom. The highest BCUT2D eigenvalue weighted by atomic mass is 16.6. The molecule has 0 aliphatic rings. The van der Waals surface area contributed by atoms with Crippen molar-refractivity contribution in [2.75, 3.05) is 6.54 Å². The van der Waals surface area contributed by atoms with Gasteiger partial charge in [0.15, 0.2) is 6.29 Å². The van der Waals surface area contributed by atoms with Crippen LogP contribution in [0.3, 0.4) is 0 Å². The van der Waals surface area contributed by atoms with E-state index in [1.54, 1.807) is 19.1 Å². The molecule has 1 aromatic rings. The molecule has 0 spiro atoms. The molecule has 6 heteroatoms. The molecule has 0 aliphatic carbocycles. The van der Waals surface area contributed by atoms with E-state index in [0.29, 0.717) is 18.7 Å². The molecular weight excluding hydrogens is 260 g/mol. The molecule has 0 bridgehead atoms. The van der Waals surface area contributed by atoms with E-state index in [1.165, 1.54) is 0 Å². The first kappa shape index (κ1) is 18.4. The number of unbranched alkanes of at least 4 members (excludes halogenated alkanes) is 1. The number of hydrogen-bond acceptors (Lipinski definition) is 5. The fraction of sp³-hybridized carbons (Fsp3) is 0.500. The van der Waals surface area contributed by atoms with E-state index in [0.717, 1.165) is 12.8 Å². The molecule has 0 aliphatic heterocycles. The van der Waals surface area contributed by atoms with E-state index in [-0.39, 0.29) is 0 Å². The number of carboxylic acid groups (broad SMARTS) is 1. The normalized spacial score (nSPS) is 12.8. The number of hydrogen-bond donors (Lipinski definition) is 4. The lowest BCUT2D eigenvalue weighted by Gasteiger charge is -2.06. The number of para-hydroxylation sites is 1. The van der Waals surface area contributed by atoms with Crippen LogP contribution in [-0.4, -0.2) is 35.1 Å². The van der Waals surface area contributed by atoms with E-state index in [1.807, 2.05) is 18.2 Å². The summed E-state index contributed by atoms with van der Waals surface area (Å²) in [7, 11) is 0. The number of aliphatic hydroxyl groups excluding tert-OH is 1. The Balaban J connectivity index is 0.000000361. The van der Waals surface area contributed by atoms with Gasteiger partial charge in [-0.3, -0.25) is 4.79 Å². The molecule has 1 aromatic carbocycles. The molecule has 6 nitrogen and oxygen atoms in total. The minimum absolute atomic E-state index is 0.520. The summed E-state index contributed by atoms with van der Waals surface area (Å²) in [6.07, 6.45) is 1.43. The largest absolute Gasteiger partial charge is 0.480 e. The second kappa shape index (κ2) is 11.2. The van der Waals surface area contributed by atoms with E-state index in [9.17, 15) is 4.79 Å². The summed E-state index contributed by atoms with van der Waals surface area (Å²) in [6.45, 7) is 2.18. The molecule has 0 saturated heterocycles. The highest BCUT2D eigenvalue weighted by molar-refractivity contribution is 5.72. The Morgan fingerprint density at radius 3 is 2.35 bits per heavy atom. The summed E-state index contributed by atoms with van der Waals surface area (Å²) in [6, 6.07) is 8.50. The van der Waals surface area contributed by atoms with Crippen LogP contribution in [0.25, 0.3) is 0 Å². The van der Waals surface area contributed by atoms with Crippen molar-refractivity contribution in [3.8, 4) is 5.75 Å². The van der Waals surface area contributed by atoms with E-state index in [2.05, 4.69) is 0 Å². The summed E-state index contributed by atoms with van der Waals surface area (Å²) < 4.78 is 4.97. The molecule has 2 unspecified atom stereocenters. The summed E-state index contributed by atoms with van der Waals surface area (Å²) in [5.41, 5.74) is 10.4. The van der Waals surface area contributed by atoms with Crippen LogP contribution in [0.4, 0.5) is 0 Å². The lowest BCUT2D eigenvalue weighted by Crippen LogP contribution is -2.29. The Labute approximate surface area is 119 Å². The third-order valence-electron chi connectivity index (χ3n) is 2.34. The summed E-state index contributed by atoms with van der Waals surface area (Å²) in [5.74, 6) is -0.241.